The molecule has 1 fully saturated rings. The van der Waals surface area contributed by atoms with Crippen molar-refractivity contribution in [3.8, 4) is 0 Å². The van der Waals surface area contributed by atoms with Crippen molar-refractivity contribution in [2.24, 2.45) is 10.1 Å². The molecule has 2 N–H and O–H groups in total. The van der Waals surface area contributed by atoms with Crippen molar-refractivity contribution in [3.63, 3.8) is 0 Å². The second-order valence-electron chi connectivity index (χ2n) is 3.58. The number of nitrogens with zero attached hydrogens (tertiary/aromatic N) is 1. The average molecular weight is 238 g/mol. The molecule has 0 heterocycles. The molecule has 0 radical (unpaired) electrons. The van der Waals surface area contributed by atoms with Gasteiger partial charge in [-0.1, -0.05) is 29.0 Å². The molecule has 0 spiro atoms. The van der Waals surface area contributed by atoms with Gasteiger partial charge in [-0.2, -0.15) is 0 Å². The predicted molar refractivity (Wildman–Crippen MR) is 70.8 cm³/mol. The van der Waals surface area contributed by atoms with Crippen molar-refractivity contribution in [3.05, 3.63) is 34.3 Å². The highest BCUT2D eigenvalue weighted by molar-refractivity contribution is 8.39. The Bertz CT molecular complexity index is 378. The van der Waals surface area contributed by atoms with Gasteiger partial charge in [-0.25, -0.2) is 0 Å². The zero-order valence-electron chi connectivity index (χ0n) is 8.69. The lowest BCUT2D eigenvalue weighted by Gasteiger charge is -2.03. The maximum Gasteiger partial charge on any atom is 0.144 e. The van der Waals surface area contributed by atoms with Crippen LogP contribution in [-0.2, 0) is 0 Å². The molecule has 15 heavy (non-hydrogen) atoms. The Morgan fingerprint density at radius 1 is 1.33 bits per heavy atom. The number of nitrogens with two attached hydrogens (primary N) is 1. The molecule has 0 aromatic rings. The summed E-state index contributed by atoms with van der Waals surface area (Å²) in [7, 11) is 1.78. The van der Waals surface area contributed by atoms with Crippen LogP contribution in [0.4, 0.5) is 0 Å². The molecule has 2 aliphatic rings. The van der Waals surface area contributed by atoms with Crippen LogP contribution >= 0.6 is 23.7 Å². The topological polar surface area (TPSA) is 38.4 Å². The number of fused-ring (bicyclic) bond motifs is 2. The molecular weight excluding hydrogens is 224 g/mol. The third-order valence-electron chi connectivity index (χ3n) is 2.54. The molecule has 0 amide bonds. The molecule has 0 aromatic heterocycles. The molecule has 1 saturated carbocycles. The van der Waals surface area contributed by atoms with E-state index in [1.165, 1.54) is 35.3 Å². The highest BCUT2D eigenvalue weighted by Crippen LogP contribution is 2.36. The maximum atomic E-state index is 5.52. The summed E-state index contributed by atoms with van der Waals surface area (Å²) in [4.78, 5) is 5.37. The van der Waals surface area contributed by atoms with Crippen LogP contribution in [0.2, 0.25) is 0 Å². The van der Waals surface area contributed by atoms with E-state index in [1.807, 2.05) is 0 Å². The second-order valence-corrected chi connectivity index (χ2v) is 5.53. The molecule has 2 nitrogen and oxygen atoms in total. The predicted octanol–water partition coefficient (Wildman–Crippen LogP) is 3.25. The third kappa shape index (κ3) is 2.77. The summed E-state index contributed by atoms with van der Waals surface area (Å²) in [6.07, 6.45) is 10.3. The van der Waals surface area contributed by atoms with E-state index in [0.717, 1.165) is 10.8 Å². The van der Waals surface area contributed by atoms with E-state index in [2.05, 4.69) is 23.2 Å². The molecule has 0 aromatic carbocycles. The molecule has 0 atom stereocenters. The Labute approximate surface area is 98.9 Å². The Morgan fingerprint density at radius 2 is 2.13 bits per heavy atom. The average Bonchev–Trinajstić information content (AvgIpc) is 2.58. The van der Waals surface area contributed by atoms with E-state index >= 15 is 0 Å². The number of thioether (sulfide) groups is 1. The van der Waals surface area contributed by atoms with Crippen LogP contribution in [0.15, 0.2) is 39.3 Å². The van der Waals surface area contributed by atoms with Gasteiger partial charge in [-0.05, 0) is 43.4 Å². The molecule has 0 aliphatic heterocycles. The van der Waals surface area contributed by atoms with Gasteiger partial charge in [-0.15, -0.1) is 0 Å². The van der Waals surface area contributed by atoms with E-state index in [1.54, 1.807) is 24.4 Å². The summed E-state index contributed by atoms with van der Waals surface area (Å²) in [5, 5.41) is 5.52. The van der Waals surface area contributed by atoms with Crippen LogP contribution in [0, 0.1) is 0 Å². The van der Waals surface area contributed by atoms with Crippen LogP contribution in [-0.4, -0.2) is 11.4 Å². The van der Waals surface area contributed by atoms with Crippen LogP contribution in [0.1, 0.15) is 19.3 Å². The van der Waals surface area contributed by atoms with Gasteiger partial charge in [0.25, 0.3) is 0 Å². The Balaban J connectivity index is 2.14. The quantitative estimate of drug-likeness (QED) is 0.433. The van der Waals surface area contributed by atoms with Gasteiger partial charge in [0.15, 0.2) is 0 Å². The number of allylic oxidation sites excluding steroid dienone is 5. The number of hydrogen-bond donors (Lipinski definition) is 1. The van der Waals surface area contributed by atoms with Crippen molar-refractivity contribution >= 4 is 28.1 Å². The highest BCUT2D eigenvalue weighted by Gasteiger charge is 2.15. The summed E-state index contributed by atoms with van der Waals surface area (Å²) in [5.41, 5.74) is 3.09. The first-order chi connectivity index (χ1) is 7.31. The Kier molecular flexibility index (Phi) is 3.72. The standard InChI is InChI=1S/C11H14N2S2/c1-13-11(15-12)14-10-5-4-8-2-3-9(6-8)7-10/h4-5,7H,2-3,6,12H2,1H3. The number of rotatable bonds is 1. The summed E-state index contributed by atoms with van der Waals surface area (Å²) in [6, 6.07) is 0. The molecule has 0 unspecified atom stereocenters. The Morgan fingerprint density at radius 3 is 2.87 bits per heavy atom. The van der Waals surface area contributed by atoms with Gasteiger partial charge in [0.1, 0.15) is 4.38 Å². The van der Waals surface area contributed by atoms with Crippen LogP contribution < -0.4 is 5.14 Å². The summed E-state index contributed by atoms with van der Waals surface area (Å²) < 4.78 is 0.911. The molecular formula is C11H14N2S2. The van der Waals surface area contributed by atoms with Gasteiger partial charge in [0.05, 0.1) is 0 Å². The second kappa shape index (κ2) is 5.05. The van der Waals surface area contributed by atoms with Crippen molar-refractivity contribution in [1.29, 1.82) is 0 Å². The minimum Gasteiger partial charge on any atom is -0.274 e. The molecule has 2 rings (SSSR count). The van der Waals surface area contributed by atoms with E-state index < -0.39 is 0 Å². The van der Waals surface area contributed by atoms with Crippen LogP contribution in [0.25, 0.3) is 0 Å². The fourth-order valence-electron chi connectivity index (χ4n) is 1.79. The third-order valence-corrected chi connectivity index (χ3v) is 4.31. The molecule has 2 bridgehead atoms. The van der Waals surface area contributed by atoms with Crippen LogP contribution in [0.3, 0.4) is 0 Å². The minimum absolute atomic E-state index is 0.911. The lowest BCUT2D eigenvalue weighted by atomic mass is 10.2. The Hall–Kier alpha value is -0.450. The first-order valence-corrected chi connectivity index (χ1v) is 6.62. The van der Waals surface area contributed by atoms with E-state index in [-0.39, 0.29) is 0 Å². The van der Waals surface area contributed by atoms with Gasteiger partial charge >= 0.3 is 0 Å². The number of hydrogen-bond acceptors (Lipinski definition) is 4. The van der Waals surface area contributed by atoms with Gasteiger partial charge in [-0.3, -0.25) is 10.1 Å². The minimum atomic E-state index is 0.911. The smallest absolute Gasteiger partial charge is 0.144 e. The van der Waals surface area contributed by atoms with E-state index in [4.69, 9.17) is 5.14 Å². The number of aliphatic imine (C=N–C) groups is 1. The van der Waals surface area contributed by atoms with Gasteiger partial charge in [0, 0.05) is 12.0 Å². The first kappa shape index (κ1) is 11.0. The summed E-state index contributed by atoms with van der Waals surface area (Å²) in [5.74, 6) is 0. The van der Waals surface area contributed by atoms with E-state index in [9.17, 15) is 0 Å². The van der Waals surface area contributed by atoms with E-state index in [0.29, 0.717) is 0 Å². The van der Waals surface area contributed by atoms with Crippen molar-refractivity contribution in [2.75, 3.05) is 7.05 Å². The fourth-order valence-corrected chi connectivity index (χ4v) is 3.03. The zero-order chi connectivity index (χ0) is 10.7. The highest BCUT2D eigenvalue weighted by atomic mass is 32.2. The lowest BCUT2D eigenvalue weighted by Crippen LogP contribution is -1.91. The largest absolute Gasteiger partial charge is 0.274 e. The lowest BCUT2D eigenvalue weighted by molar-refractivity contribution is 1.05. The normalized spacial score (nSPS) is 20.7. The van der Waals surface area contributed by atoms with Gasteiger partial charge < -0.3 is 0 Å². The van der Waals surface area contributed by atoms with Gasteiger partial charge in [0.2, 0.25) is 0 Å². The van der Waals surface area contributed by atoms with Crippen molar-refractivity contribution in [2.45, 2.75) is 19.3 Å². The molecule has 80 valence electrons. The van der Waals surface area contributed by atoms with Crippen molar-refractivity contribution < 1.29 is 0 Å². The molecule has 0 saturated heterocycles. The van der Waals surface area contributed by atoms with Crippen LogP contribution in [0.5, 0.6) is 0 Å². The fraction of sp³-hybridized carbons (Fsp3) is 0.364. The maximum absolute atomic E-state index is 5.52. The molecule has 2 aliphatic carbocycles. The summed E-state index contributed by atoms with van der Waals surface area (Å²) in [6.45, 7) is 0. The zero-order valence-corrected chi connectivity index (χ0v) is 10.3. The van der Waals surface area contributed by atoms with Crippen molar-refractivity contribution in [1.82, 2.24) is 0 Å². The molecule has 4 heteroatoms. The SMILES string of the molecule is CN=C(SN)SC1=CC=C2CCC(=C1)C2. The monoisotopic (exact) mass is 238 g/mol. The first-order valence-electron chi connectivity index (χ1n) is 4.92. The summed E-state index contributed by atoms with van der Waals surface area (Å²) >= 11 is 2.86.